The first-order valence-corrected chi connectivity index (χ1v) is 7.50. The van der Waals surface area contributed by atoms with Crippen molar-refractivity contribution in [3.63, 3.8) is 0 Å². The fourth-order valence-corrected chi connectivity index (χ4v) is 2.67. The van der Waals surface area contributed by atoms with Crippen molar-refractivity contribution in [1.29, 1.82) is 0 Å². The zero-order chi connectivity index (χ0) is 13.5. The summed E-state index contributed by atoms with van der Waals surface area (Å²) in [7, 11) is 0. The molecule has 0 radical (unpaired) electrons. The Morgan fingerprint density at radius 2 is 2.21 bits per heavy atom. The molecule has 1 aromatic heterocycles. The summed E-state index contributed by atoms with van der Waals surface area (Å²) >= 11 is 0. The molecule has 2 atom stereocenters. The van der Waals surface area contributed by atoms with Gasteiger partial charge in [0.1, 0.15) is 6.10 Å². The van der Waals surface area contributed by atoms with Gasteiger partial charge in [-0.2, -0.15) is 0 Å². The summed E-state index contributed by atoms with van der Waals surface area (Å²) in [4.78, 5) is 8.72. The maximum absolute atomic E-state index is 6.01. The molecule has 2 unspecified atom stereocenters. The Bertz CT molecular complexity index is 383. The minimum atomic E-state index is 0.322. The van der Waals surface area contributed by atoms with Gasteiger partial charge in [-0.1, -0.05) is 26.7 Å². The maximum atomic E-state index is 6.01. The van der Waals surface area contributed by atoms with Gasteiger partial charge in [-0.15, -0.1) is 0 Å². The molecule has 1 N–H and O–H groups in total. The zero-order valence-electron chi connectivity index (χ0n) is 12.1. The second-order valence-corrected chi connectivity index (χ2v) is 5.31. The van der Waals surface area contributed by atoms with Crippen LogP contribution in [-0.2, 0) is 6.54 Å². The molecule has 0 saturated heterocycles. The molecule has 0 bridgehead atoms. The highest BCUT2D eigenvalue weighted by molar-refractivity contribution is 5.08. The fraction of sp³-hybridized carbons (Fsp3) is 0.733. The maximum Gasteiger partial charge on any atom is 0.232 e. The lowest BCUT2D eigenvalue weighted by atomic mass is 9.85. The smallest absolute Gasteiger partial charge is 0.232 e. The Kier molecular flexibility index (Phi) is 5.58. The Morgan fingerprint density at radius 1 is 1.32 bits per heavy atom. The van der Waals surface area contributed by atoms with Crippen molar-refractivity contribution in [2.24, 2.45) is 5.92 Å². The molecular formula is C15H25N3O. The van der Waals surface area contributed by atoms with Crippen LogP contribution in [0.1, 0.15) is 51.6 Å². The predicted octanol–water partition coefficient (Wildman–Crippen LogP) is 2.93. The van der Waals surface area contributed by atoms with Crippen LogP contribution < -0.4 is 10.1 Å². The fourth-order valence-electron chi connectivity index (χ4n) is 2.67. The highest BCUT2D eigenvalue weighted by Crippen LogP contribution is 2.28. The normalized spacial score (nSPS) is 23.3. The van der Waals surface area contributed by atoms with Crippen LogP contribution in [0.15, 0.2) is 12.4 Å². The summed E-state index contributed by atoms with van der Waals surface area (Å²) in [6.07, 6.45) is 10.0. The van der Waals surface area contributed by atoms with Crippen LogP contribution in [0.25, 0.3) is 0 Å². The van der Waals surface area contributed by atoms with Crippen LogP contribution in [0.5, 0.6) is 5.88 Å². The first-order chi connectivity index (χ1) is 9.31. The van der Waals surface area contributed by atoms with Gasteiger partial charge in [-0.05, 0) is 31.7 Å². The van der Waals surface area contributed by atoms with E-state index in [-0.39, 0.29) is 0 Å². The molecule has 1 saturated carbocycles. The first kappa shape index (κ1) is 14.3. The van der Waals surface area contributed by atoms with E-state index in [1.807, 2.05) is 0 Å². The quantitative estimate of drug-likeness (QED) is 0.857. The minimum Gasteiger partial charge on any atom is -0.473 e. The number of hydrogen-bond donors (Lipinski definition) is 1. The van der Waals surface area contributed by atoms with Gasteiger partial charge in [-0.3, -0.25) is 4.98 Å². The van der Waals surface area contributed by atoms with Crippen molar-refractivity contribution in [3.05, 3.63) is 18.1 Å². The third kappa shape index (κ3) is 4.46. The van der Waals surface area contributed by atoms with E-state index < -0.39 is 0 Å². The van der Waals surface area contributed by atoms with E-state index in [0.717, 1.165) is 37.5 Å². The highest BCUT2D eigenvalue weighted by atomic mass is 16.5. The lowest BCUT2D eigenvalue weighted by Gasteiger charge is -2.28. The molecule has 0 aromatic carbocycles. The number of hydrogen-bond acceptors (Lipinski definition) is 4. The summed E-state index contributed by atoms with van der Waals surface area (Å²) in [6.45, 7) is 6.04. The SMILES string of the molecule is CCNCc1cncc(OC2CCCC(CC)C2)n1. The molecule has 1 aliphatic rings. The molecule has 0 amide bonds. The van der Waals surface area contributed by atoms with E-state index in [0.29, 0.717) is 12.0 Å². The van der Waals surface area contributed by atoms with Crippen LogP contribution >= 0.6 is 0 Å². The lowest BCUT2D eigenvalue weighted by molar-refractivity contribution is 0.116. The first-order valence-electron chi connectivity index (χ1n) is 7.50. The van der Waals surface area contributed by atoms with Gasteiger partial charge in [0.15, 0.2) is 0 Å². The summed E-state index contributed by atoms with van der Waals surface area (Å²) in [6, 6.07) is 0. The predicted molar refractivity (Wildman–Crippen MR) is 76.1 cm³/mol. The van der Waals surface area contributed by atoms with Gasteiger partial charge in [-0.25, -0.2) is 4.98 Å². The third-order valence-electron chi connectivity index (χ3n) is 3.82. The van der Waals surface area contributed by atoms with Crippen molar-refractivity contribution >= 4 is 0 Å². The molecule has 4 heteroatoms. The average Bonchev–Trinajstić information content (AvgIpc) is 2.46. The van der Waals surface area contributed by atoms with Gasteiger partial charge < -0.3 is 10.1 Å². The van der Waals surface area contributed by atoms with Crippen molar-refractivity contribution < 1.29 is 4.74 Å². The molecule has 1 aromatic rings. The van der Waals surface area contributed by atoms with Crippen LogP contribution in [0.2, 0.25) is 0 Å². The van der Waals surface area contributed by atoms with Gasteiger partial charge in [0.05, 0.1) is 11.9 Å². The molecule has 1 aliphatic carbocycles. The summed E-state index contributed by atoms with van der Waals surface area (Å²) < 4.78 is 6.01. The van der Waals surface area contributed by atoms with E-state index in [9.17, 15) is 0 Å². The van der Waals surface area contributed by atoms with Gasteiger partial charge >= 0.3 is 0 Å². The zero-order valence-corrected chi connectivity index (χ0v) is 12.1. The molecule has 2 rings (SSSR count). The van der Waals surface area contributed by atoms with E-state index in [4.69, 9.17) is 4.74 Å². The van der Waals surface area contributed by atoms with E-state index in [1.165, 1.54) is 19.3 Å². The topological polar surface area (TPSA) is 47.0 Å². The van der Waals surface area contributed by atoms with Crippen LogP contribution in [0.4, 0.5) is 0 Å². The van der Waals surface area contributed by atoms with Gasteiger partial charge in [0.25, 0.3) is 0 Å². The molecular weight excluding hydrogens is 238 g/mol. The second-order valence-electron chi connectivity index (χ2n) is 5.31. The standard InChI is InChI=1S/C15H25N3O/c1-3-12-6-5-7-14(8-12)19-15-11-17-10-13(18-15)9-16-4-2/h10-12,14,16H,3-9H2,1-2H3. The molecule has 19 heavy (non-hydrogen) atoms. The molecule has 4 nitrogen and oxygen atoms in total. The summed E-state index contributed by atoms with van der Waals surface area (Å²) in [5.41, 5.74) is 0.946. The second kappa shape index (κ2) is 7.43. The number of ether oxygens (including phenoxy) is 1. The average molecular weight is 263 g/mol. The van der Waals surface area contributed by atoms with Crippen molar-refractivity contribution in [3.8, 4) is 5.88 Å². The van der Waals surface area contributed by atoms with Crippen LogP contribution in [0.3, 0.4) is 0 Å². The third-order valence-corrected chi connectivity index (χ3v) is 3.82. The Labute approximate surface area is 116 Å². The summed E-state index contributed by atoms with van der Waals surface area (Å²) in [5, 5.41) is 3.25. The van der Waals surface area contributed by atoms with Crippen molar-refractivity contribution in [2.45, 2.75) is 58.6 Å². The molecule has 0 aliphatic heterocycles. The minimum absolute atomic E-state index is 0.322. The molecule has 1 heterocycles. The number of nitrogens with one attached hydrogen (secondary N) is 1. The van der Waals surface area contributed by atoms with Gasteiger partial charge in [0, 0.05) is 12.7 Å². The Hall–Kier alpha value is -1.16. The monoisotopic (exact) mass is 263 g/mol. The van der Waals surface area contributed by atoms with E-state index in [1.54, 1.807) is 12.4 Å². The van der Waals surface area contributed by atoms with Gasteiger partial charge in [0.2, 0.25) is 5.88 Å². The largest absolute Gasteiger partial charge is 0.473 e. The van der Waals surface area contributed by atoms with Crippen molar-refractivity contribution in [1.82, 2.24) is 15.3 Å². The van der Waals surface area contributed by atoms with Crippen LogP contribution in [-0.4, -0.2) is 22.6 Å². The highest BCUT2D eigenvalue weighted by Gasteiger charge is 2.22. The Balaban J connectivity index is 1.90. The lowest BCUT2D eigenvalue weighted by Crippen LogP contribution is -2.25. The number of aromatic nitrogens is 2. The molecule has 106 valence electrons. The van der Waals surface area contributed by atoms with E-state index >= 15 is 0 Å². The van der Waals surface area contributed by atoms with E-state index in [2.05, 4.69) is 29.1 Å². The number of nitrogens with zero attached hydrogens (tertiary/aromatic N) is 2. The molecule has 1 fully saturated rings. The van der Waals surface area contributed by atoms with Crippen LogP contribution in [0, 0.1) is 5.92 Å². The summed E-state index contributed by atoms with van der Waals surface area (Å²) in [5.74, 6) is 1.49. The molecule has 0 spiro atoms. The number of rotatable bonds is 6. The Morgan fingerprint density at radius 3 is 3.00 bits per heavy atom. The van der Waals surface area contributed by atoms with Crippen molar-refractivity contribution in [2.75, 3.05) is 6.54 Å².